The summed E-state index contributed by atoms with van der Waals surface area (Å²) < 4.78 is 10.8. The van der Waals surface area contributed by atoms with Crippen LogP contribution in [0.25, 0.3) is 6.08 Å². The number of esters is 1. The molecule has 0 spiro atoms. The molecule has 1 heterocycles. The number of nitrogens with one attached hydrogen (secondary N) is 2. The molecule has 0 saturated carbocycles. The van der Waals surface area contributed by atoms with Crippen LogP contribution in [0, 0.1) is 11.3 Å². The number of furan rings is 1. The molecule has 0 saturated heterocycles. The van der Waals surface area contributed by atoms with E-state index in [-0.39, 0.29) is 39.4 Å². The molecular formula is C23H15Cl4N3O4. The normalized spacial score (nSPS) is 11.0. The minimum Gasteiger partial charge on any atom is -0.462 e. The van der Waals surface area contributed by atoms with Crippen molar-refractivity contribution in [2.45, 2.75) is 6.92 Å². The first kappa shape index (κ1) is 25.5. The van der Waals surface area contributed by atoms with E-state index in [1.165, 1.54) is 18.2 Å². The van der Waals surface area contributed by atoms with E-state index in [9.17, 15) is 14.9 Å². The fourth-order valence-electron chi connectivity index (χ4n) is 2.74. The summed E-state index contributed by atoms with van der Waals surface area (Å²) in [5.74, 6) is -1.65. The number of ether oxygens (including phenoxy) is 1. The van der Waals surface area contributed by atoms with Crippen molar-refractivity contribution in [2.75, 3.05) is 17.2 Å². The lowest BCUT2D eigenvalue weighted by Crippen LogP contribution is -2.13. The van der Waals surface area contributed by atoms with E-state index in [1.54, 1.807) is 37.3 Å². The summed E-state index contributed by atoms with van der Waals surface area (Å²) in [6, 6.07) is 12.9. The van der Waals surface area contributed by atoms with E-state index in [2.05, 4.69) is 10.6 Å². The molecule has 3 aromatic rings. The highest BCUT2D eigenvalue weighted by Crippen LogP contribution is 2.36. The lowest BCUT2D eigenvalue weighted by atomic mass is 10.2. The Morgan fingerprint density at radius 2 is 1.85 bits per heavy atom. The van der Waals surface area contributed by atoms with Gasteiger partial charge >= 0.3 is 5.97 Å². The largest absolute Gasteiger partial charge is 0.462 e. The summed E-state index contributed by atoms with van der Waals surface area (Å²) in [5, 5.41) is 15.8. The maximum Gasteiger partial charge on any atom is 0.345 e. The molecule has 174 valence electrons. The van der Waals surface area contributed by atoms with Crippen molar-refractivity contribution in [3.8, 4) is 6.07 Å². The zero-order chi connectivity index (χ0) is 24.8. The smallest absolute Gasteiger partial charge is 0.345 e. The maximum absolute atomic E-state index is 12.6. The maximum atomic E-state index is 12.6. The molecule has 0 bridgehead atoms. The number of amides is 1. The molecule has 1 aromatic heterocycles. The number of halogens is 4. The number of carbonyl (C=O) groups is 2. The monoisotopic (exact) mass is 537 g/mol. The number of anilines is 3. The Morgan fingerprint density at radius 3 is 2.50 bits per heavy atom. The molecule has 11 heteroatoms. The molecule has 34 heavy (non-hydrogen) atoms. The Kier molecular flexibility index (Phi) is 8.48. The van der Waals surface area contributed by atoms with Crippen molar-refractivity contribution in [1.29, 1.82) is 5.26 Å². The molecule has 0 fully saturated rings. The number of hydrogen-bond acceptors (Lipinski definition) is 6. The van der Waals surface area contributed by atoms with Crippen molar-refractivity contribution in [1.82, 2.24) is 0 Å². The fourth-order valence-corrected chi connectivity index (χ4v) is 3.49. The predicted molar refractivity (Wildman–Crippen MR) is 133 cm³/mol. The summed E-state index contributed by atoms with van der Waals surface area (Å²) in [5.41, 5.74) is 0.391. The van der Waals surface area contributed by atoms with Gasteiger partial charge in [-0.2, -0.15) is 5.26 Å². The Morgan fingerprint density at radius 1 is 1.09 bits per heavy atom. The average molecular weight is 539 g/mol. The van der Waals surface area contributed by atoms with E-state index < -0.39 is 11.9 Å². The number of carbonyl (C=O) groups excluding carboxylic acids is 2. The molecule has 2 aromatic carbocycles. The van der Waals surface area contributed by atoms with Gasteiger partial charge in [0.15, 0.2) is 5.76 Å². The van der Waals surface area contributed by atoms with Crippen LogP contribution >= 0.6 is 46.4 Å². The average Bonchev–Trinajstić information content (AvgIpc) is 3.09. The van der Waals surface area contributed by atoms with Crippen LogP contribution in [0.5, 0.6) is 0 Å². The minimum absolute atomic E-state index is 0.0425. The van der Waals surface area contributed by atoms with Gasteiger partial charge in [0.1, 0.15) is 22.2 Å². The number of rotatable bonds is 7. The number of hydrogen-bond donors (Lipinski definition) is 2. The molecule has 0 radical (unpaired) electrons. The SMILES string of the molecule is CCOC(=O)c1c(Nc2cccc(Cl)c2)oc(/C=C(\C#N)C(=O)Nc2ccc(Cl)c(Cl)c2)c1Cl. The van der Waals surface area contributed by atoms with Gasteiger partial charge in [0, 0.05) is 22.5 Å². The van der Waals surface area contributed by atoms with Crippen LogP contribution in [-0.4, -0.2) is 18.5 Å². The molecule has 0 aliphatic heterocycles. The van der Waals surface area contributed by atoms with E-state index >= 15 is 0 Å². The Labute approximate surface area is 214 Å². The van der Waals surface area contributed by atoms with Gasteiger partial charge in [0.05, 0.1) is 16.7 Å². The second-order valence-corrected chi connectivity index (χ2v) is 8.22. The first-order chi connectivity index (χ1) is 16.2. The van der Waals surface area contributed by atoms with Gasteiger partial charge in [-0.15, -0.1) is 0 Å². The quantitative estimate of drug-likeness (QED) is 0.185. The van der Waals surface area contributed by atoms with Crippen LogP contribution in [-0.2, 0) is 9.53 Å². The Hall–Kier alpha value is -3.15. The number of benzene rings is 2. The van der Waals surface area contributed by atoms with Gasteiger partial charge in [-0.3, -0.25) is 4.79 Å². The number of nitrogens with zero attached hydrogens (tertiary/aromatic N) is 1. The third-order valence-electron chi connectivity index (χ3n) is 4.25. The lowest BCUT2D eigenvalue weighted by molar-refractivity contribution is -0.112. The van der Waals surface area contributed by atoms with Crippen LogP contribution in [0.3, 0.4) is 0 Å². The second kappa shape index (κ2) is 11.3. The molecule has 3 rings (SSSR count). The molecule has 2 N–H and O–H groups in total. The Balaban J connectivity index is 1.97. The van der Waals surface area contributed by atoms with Crippen molar-refractivity contribution < 1.29 is 18.7 Å². The molecule has 0 atom stereocenters. The van der Waals surface area contributed by atoms with Crippen LogP contribution in [0.1, 0.15) is 23.0 Å². The van der Waals surface area contributed by atoms with Crippen molar-refractivity contribution >= 4 is 81.6 Å². The molecular weight excluding hydrogens is 524 g/mol. The van der Waals surface area contributed by atoms with Crippen molar-refractivity contribution in [3.05, 3.63) is 79.5 Å². The van der Waals surface area contributed by atoms with Crippen LogP contribution < -0.4 is 10.6 Å². The van der Waals surface area contributed by atoms with Crippen LogP contribution in [0.2, 0.25) is 20.1 Å². The summed E-state index contributed by atoms with van der Waals surface area (Å²) >= 11 is 24.2. The second-order valence-electron chi connectivity index (χ2n) is 6.59. The molecule has 0 aliphatic rings. The van der Waals surface area contributed by atoms with Gasteiger partial charge in [0.25, 0.3) is 5.91 Å². The van der Waals surface area contributed by atoms with Gasteiger partial charge in [-0.1, -0.05) is 52.5 Å². The highest BCUT2D eigenvalue weighted by molar-refractivity contribution is 6.42. The summed E-state index contributed by atoms with van der Waals surface area (Å²) in [4.78, 5) is 25.2. The van der Waals surface area contributed by atoms with Crippen molar-refractivity contribution in [2.24, 2.45) is 0 Å². The molecule has 1 amide bonds. The molecule has 0 aliphatic carbocycles. The van der Waals surface area contributed by atoms with E-state index in [0.29, 0.717) is 21.4 Å². The Bertz CT molecular complexity index is 1330. The molecule has 0 unspecified atom stereocenters. The van der Waals surface area contributed by atoms with Gasteiger partial charge in [-0.05, 0) is 43.3 Å². The highest BCUT2D eigenvalue weighted by atomic mass is 35.5. The van der Waals surface area contributed by atoms with E-state index in [4.69, 9.17) is 55.6 Å². The van der Waals surface area contributed by atoms with Crippen LogP contribution in [0.4, 0.5) is 17.3 Å². The molecule has 7 nitrogen and oxygen atoms in total. The highest BCUT2D eigenvalue weighted by Gasteiger charge is 2.26. The summed E-state index contributed by atoms with van der Waals surface area (Å²) in [6.07, 6.45) is 1.11. The number of nitriles is 1. The van der Waals surface area contributed by atoms with Crippen LogP contribution in [0.15, 0.2) is 52.5 Å². The fraction of sp³-hybridized carbons (Fsp3) is 0.0870. The van der Waals surface area contributed by atoms with E-state index in [1.807, 2.05) is 0 Å². The third-order valence-corrected chi connectivity index (χ3v) is 5.60. The first-order valence-electron chi connectivity index (χ1n) is 9.63. The zero-order valence-electron chi connectivity index (χ0n) is 17.4. The summed E-state index contributed by atoms with van der Waals surface area (Å²) in [6.45, 7) is 1.73. The lowest BCUT2D eigenvalue weighted by Gasteiger charge is -2.06. The minimum atomic E-state index is -0.754. The standard InChI is InChI=1S/C23H15Cl4N3O4/c1-2-33-23(32)19-20(27)18(34-22(19)30-14-5-3-4-13(24)9-14)8-12(11-28)21(31)29-15-6-7-16(25)17(26)10-15/h3-10,30H,2H2,1H3,(H,29,31)/b12-8+. The van der Waals surface area contributed by atoms with Crippen molar-refractivity contribution in [3.63, 3.8) is 0 Å². The first-order valence-corrected chi connectivity index (χ1v) is 11.1. The zero-order valence-corrected chi connectivity index (χ0v) is 20.4. The predicted octanol–water partition coefficient (Wildman–Crippen LogP) is 7.36. The third kappa shape index (κ3) is 6.04. The summed E-state index contributed by atoms with van der Waals surface area (Å²) in [7, 11) is 0. The topological polar surface area (TPSA) is 104 Å². The van der Waals surface area contributed by atoms with Gasteiger partial charge < -0.3 is 19.8 Å². The van der Waals surface area contributed by atoms with E-state index in [0.717, 1.165) is 6.08 Å². The van der Waals surface area contributed by atoms with Gasteiger partial charge in [-0.25, -0.2) is 4.79 Å². The van der Waals surface area contributed by atoms with Gasteiger partial charge in [0.2, 0.25) is 5.88 Å².